The summed E-state index contributed by atoms with van der Waals surface area (Å²) in [4.78, 5) is 39.5. The molecule has 0 amide bonds. The van der Waals surface area contributed by atoms with Gasteiger partial charge in [-0.3, -0.25) is 4.79 Å². The van der Waals surface area contributed by atoms with Crippen LogP contribution in [0.15, 0.2) is 23.8 Å². The molecule has 0 aromatic rings. The number of halogens is 3. The van der Waals surface area contributed by atoms with Crippen LogP contribution in [0.2, 0.25) is 0 Å². The number of hydrogen-bond acceptors (Lipinski definition) is 7. The maximum atomic E-state index is 17.6. The third-order valence-electron chi connectivity index (χ3n) is 13.9. The lowest BCUT2D eigenvalue weighted by molar-refractivity contribution is -0.236. The van der Waals surface area contributed by atoms with Gasteiger partial charge < -0.3 is 19.3 Å². The van der Waals surface area contributed by atoms with Gasteiger partial charge in [0, 0.05) is 28.1 Å². The number of esters is 1. The van der Waals surface area contributed by atoms with Crippen molar-refractivity contribution < 1.29 is 46.9 Å². The van der Waals surface area contributed by atoms with Gasteiger partial charge in [0.25, 0.3) is 0 Å². The maximum Gasteiger partial charge on any atom is 0.509 e. The summed E-state index contributed by atoms with van der Waals surface area (Å²) < 4.78 is 63.8. The second-order valence-electron chi connectivity index (χ2n) is 15.3. The van der Waals surface area contributed by atoms with E-state index in [1.165, 1.54) is 19.1 Å². The van der Waals surface area contributed by atoms with Crippen molar-refractivity contribution in [3.05, 3.63) is 23.8 Å². The Labute approximate surface area is 250 Å². The smallest absolute Gasteiger partial charge is 0.431 e. The Morgan fingerprint density at radius 1 is 1.07 bits per heavy atom. The number of alkyl halides is 3. The van der Waals surface area contributed by atoms with Gasteiger partial charge in [-0.15, -0.1) is 0 Å². The van der Waals surface area contributed by atoms with Gasteiger partial charge in [0.05, 0.1) is 6.10 Å². The molecule has 0 unspecified atom stereocenters. The molecule has 0 aromatic heterocycles. The summed E-state index contributed by atoms with van der Waals surface area (Å²) in [7, 11) is 0. The summed E-state index contributed by atoms with van der Waals surface area (Å²) >= 11 is 0. The van der Waals surface area contributed by atoms with Crippen LogP contribution in [-0.2, 0) is 23.8 Å². The minimum Gasteiger partial charge on any atom is -0.431 e. The van der Waals surface area contributed by atoms with E-state index in [1.807, 2.05) is 0 Å². The Morgan fingerprint density at radius 3 is 2.37 bits per heavy atom. The number of allylic oxidation sites excluding steroid dienone is 4. The monoisotopic (exact) mass is 608 g/mol. The largest absolute Gasteiger partial charge is 0.509 e. The Balaban J connectivity index is 1.37. The normalized spacial score (nSPS) is 50.8. The zero-order valence-electron chi connectivity index (χ0n) is 25.8. The van der Waals surface area contributed by atoms with Crippen molar-refractivity contribution in [2.45, 2.75) is 110 Å². The van der Waals surface area contributed by atoms with Crippen molar-refractivity contribution in [1.82, 2.24) is 0 Å². The first-order valence-electron chi connectivity index (χ1n) is 15.5. The van der Waals surface area contributed by atoms with Crippen LogP contribution in [0.3, 0.4) is 0 Å². The highest BCUT2D eigenvalue weighted by Gasteiger charge is 2.79. The Hall–Kier alpha value is -2.36. The number of carbonyl (C=O) groups excluding carboxylic acids is 3. The number of ether oxygens (including phenoxy) is 3. The van der Waals surface area contributed by atoms with E-state index >= 15 is 8.78 Å². The fourth-order valence-corrected chi connectivity index (χ4v) is 11.0. The summed E-state index contributed by atoms with van der Waals surface area (Å²) in [6.45, 7) is 9.69. The lowest BCUT2D eigenvalue weighted by Gasteiger charge is -2.62. The van der Waals surface area contributed by atoms with Gasteiger partial charge in [-0.25, -0.2) is 22.8 Å². The van der Waals surface area contributed by atoms with Gasteiger partial charge in [0.1, 0.15) is 12.3 Å². The van der Waals surface area contributed by atoms with Crippen molar-refractivity contribution in [3.63, 3.8) is 0 Å². The number of rotatable bonds is 4. The predicted molar refractivity (Wildman–Crippen MR) is 149 cm³/mol. The minimum absolute atomic E-state index is 0.0161. The van der Waals surface area contributed by atoms with E-state index in [4.69, 9.17) is 14.2 Å². The quantitative estimate of drug-likeness (QED) is 0.384. The molecule has 0 spiro atoms. The molecule has 12 atom stereocenters. The Bertz CT molecular complexity index is 1310. The molecule has 238 valence electrons. The lowest BCUT2D eigenvalue weighted by atomic mass is 9.44. The number of aliphatic hydroxyl groups excluding tert-OH is 1. The van der Waals surface area contributed by atoms with E-state index in [0.717, 1.165) is 18.9 Å². The van der Waals surface area contributed by atoms with E-state index in [1.54, 1.807) is 13.8 Å². The average molecular weight is 609 g/mol. The van der Waals surface area contributed by atoms with Crippen LogP contribution >= 0.6 is 0 Å². The van der Waals surface area contributed by atoms with E-state index < -0.39 is 83.0 Å². The van der Waals surface area contributed by atoms with Crippen LogP contribution in [0.1, 0.15) is 80.1 Å². The molecule has 7 nitrogen and oxygen atoms in total. The second-order valence-corrected chi connectivity index (χ2v) is 15.3. The van der Waals surface area contributed by atoms with Crippen molar-refractivity contribution in [3.8, 4) is 0 Å². The summed E-state index contributed by atoms with van der Waals surface area (Å²) in [5, 5.41) is 11.6. The third-order valence-corrected chi connectivity index (χ3v) is 13.9. The molecule has 5 saturated carbocycles. The fourth-order valence-electron chi connectivity index (χ4n) is 11.0. The van der Waals surface area contributed by atoms with Gasteiger partial charge in [-0.1, -0.05) is 40.7 Å². The molecule has 2 bridgehead atoms. The molecule has 6 aliphatic carbocycles. The molecule has 0 heterocycles. The molecular weight excluding hydrogens is 565 g/mol. The highest BCUT2D eigenvalue weighted by Crippen LogP contribution is 2.72. The van der Waals surface area contributed by atoms with Crippen LogP contribution in [-0.4, -0.2) is 59.5 Å². The van der Waals surface area contributed by atoms with Crippen LogP contribution in [0, 0.1) is 45.3 Å². The highest BCUT2D eigenvalue weighted by atomic mass is 19.1. The van der Waals surface area contributed by atoms with Gasteiger partial charge in [0.2, 0.25) is 12.5 Å². The van der Waals surface area contributed by atoms with Crippen LogP contribution in [0.5, 0.6) is 0 Å². The summed E-state index contributed by atoms with van der Waals surface area (Å²) in [5.41, 5.74) is -7.92. The van der Waals surface area contributed by atoms with Crippen LogP contribution in [0.25, 0.3) is 0 Å². The molecule has 10 heteroatoms. The highest BCUT2D eigenvalue weighted by molar-refractivity contribution is 6.01. The standard InChI is InChI=1S/C33H43F3O7/c1-17-11-20-21-14-23(35)22-13-19(37)8-10-29(22,4)32(21,36)24(38)15-31(20,6)33(17,26(39)41-16-34)43-27(40)42-25-12-18-7-9-30(25,5)28(18,2)3/h8,10,13,17-18,20-21,23-25,38H,7,9,11-12,14-16H2,1-6H3/t17-,18-,20+,21+,23+,24+,25-,29+,30+,31+,32+,33+/m1/s1. The first-order valence-corrected chi connectivity index (χ1v) is 15.5. The number of aliphatic hydroxyl groups is 1. The molecule has 5 fully saturated rings. The predicted octanol–water partition coefficient (Wildman–Crippen LogP) is 6.13. The van der Waals surface area contributed by atoms with Gasteiger partial charge in [0.15, 0.2) is 11.5 Å². The molecule has 0 aromatic carbocycles. The number of ketones is 1. The van der Waals surface area contributed by atoms with Crippen molar-refractivity contribution in [2.24, 2.45) is 45.3 Å². The minimum atomic E-state index is -2.38. The van der Waals surface area contributed by atoms with Crippen LogP contribution < -0.4 is 0 Å². The molecule has 1 N–H and O–H groups in total. The van der Waals surface area contributed by atoms with Gasteiger partial charge >= 0.3 is 12.1 Å². The molecule has 43 heavy (non-hydrogen) atoms. The zero-order valence-corrected chi connectivity index (χ0v) is 25.8. The molecule has 6 aliphatic rings. The topological polar surface area (TPSA) is 99.1 Å². The average Bonchev–Trinajstić information content (AvgIpc) is 3.36. The van der Waals surface area contributed by atoms with E-state index in [2.05, 4.69) is 20.8 Å². The summed E-state index contributed by atoms with van der Waals surface area (Å²) in [5.74, 6) is -3.87. The van der Waals surface area contributed by atoms with Crippen molar-refractivity contribution in [1.29, 1.82) is 0 Å². The fraction of sp³-hybridized carbons (Fsp3) is 0.788. The van der Waals surface area contributed by atoms with Crippen LogP contribution in [0.4, 0.5) is 18.0 Å². The first-order chi connectivity index (χ1) is 19.9. The van der Waals surface area contributed by atoms with Gasteiger partial charge in [-0.05, 0) is 80.4 Å². The number of fused-ring (bicyclic) bond motifs is 7. The van der Waals surface area contributed by atoms with E-state index in [0.29, 0.717) is 12.3 Å². The molecule has 0 radical (unpaired) electrons. The molecule has 0 aliphatic heterocycles. The van der Waals surface area contributed by atoms with Gasteiger partial charge in [-0.2, -0.15) is 0 Å². The first kappa shape index (κ1) is 30.7. The SMILES string of the molecule is C[C@@H]1C[C@H]2[C@@H]3C[C@H](F)C4=CC(=O)C=C[C@]4(C)[C@@]3(F)[C@@H](O)C[C@]2(C)[C@@]1(OC(=O)O[C@@H]1C[C@H]2CC[C@]1(C)C2(C)C)C(=O)OCF. The molecule has 0 saturated heterocycles. The molecular formula is C33H43F3O7. The lowest BCUT2D eigenvalue weighted by Crippen LogP contribution is -2.71. The Kier molecular flexibility index (Phi) is 6.65. The molecule has 6 rings (SSSR count). The van der Waals surface area contributed by atoms with E-state index in [9.17, 15) is 23.9 Å². The van der Waals surface area contributed by atoms with Crippen molar-refractivity contribution in [2.75, 3.05) is 6.86 Å². The Morgan fingerprint density at radius 2 is 1.77 bits per heavy atom. The summed E-state index contributed by atoms with van der Waals surface area (Å²) in [6, 6.07) is 0. The third kappa shape index (κ3) is 3.56. The summed E-state index contributed by atoms with van der Waals surface area (Å²) in [6.07, 6.45) is 0.710. The maximum absolute atomic E-state index is 17.6. The van der Waals surface area contributed by atoms with E-state index in [-0.39, 0.29) is 35.7 Å². The van der Waals surface area contributed by atoms with Crippen molar-refractivity contribution >= 4 is 17.9 Å². The zero-order chi connectivity index (χ0) is 31.5. The second kappa shape index (κ2) is 9.33. The number of carbonyl (C=O) groups is 3. The number of hydrogen-bond donors (Lipinski definition) is 1.